The molecule has 2 aromatic heterocycles. The number of unbranched alkanes of at least 4 members (excludes halogenated alkanes) is 1. The van der Waals surface area contributed by atoms with Crippen molar-refractivity contribution in [3.8, 4) is 0 Å². The summed E-state index contributed by atoms with van der Waals surface area (Å²) in [5.74, 6) is 0.931. The molecule has 0 spiro atoms. The number of fused-ring (bicyclic) bond motifs is 1. The number of alkyl halides is 1. The van der Waals surface area contributed by atoms with Gasteiger partial charge in [-0.05, 0) is 62.8 Å². The smallest absolute Gasteiger partial charge is 0.209 e. The quantitative estimate of drug-likeness (QED) is 0.229. The Balaban J connectivity index is 0.000000500. The van der Waals surface area contributed by atoms with E-state index in [1.54, 1.807) is 11.3 Å². The molecule has 0 fully saturated rings. The van der Waals surface area contributed by atoms with Crippen LogP contribution in [0.5, 0.6) is 0 Å². The van der Waals surface area contributed by atoms with E-state index in [9.17, 15) is 4.79 Å². The summed E-state index contributed by atoms with van der Waals surface area (Å²) >= 11 is 6.99. The number of hydrogen-bond acceptors (Lipinski definition) is 2. The van der Waals surface area contributed by atoms with Crippen LogP contribution < -0.4 is 0 Å². The second-order valence-corrected chi connectivity index (χ2v) is 8.29. The van der Waals surface area contributed by atoms with Crippen molar-refractivity contribution in [2.45, 2.75) is 54.0 Å². The van der Waals surface area contributed by atoms with Crippen molar-refractivity contribution in [2.75, 3.05) is 5.88 Å². The Morgan fingerprint density at radius 2 is 1.86 bits per heavy atom. The monoisotopic (exact) mass is 415 g/mol. The molecule has 0 saturated carbocycles. The maximum atomic E-state index is 13.3. The Kier molecular flexibility index (Phi) is 8.53. The molecule has 0 atom stereocenters. The lowest BCUT2D eigenvalue weighted by Crippen LogP contribution is -2.11. The Labute approximate surface area is 177 Å². The number of benzene rings is 1. The van der Waals surface area contributed by atoms with Crippen molar-refractivity contribution in [3.63, 3.8) is 0 Å². The van der Waals surface area contributed by atoms with Gasteiger partial charge in [0.05, 0.1) is 5.69 Å². The first-order valence-corrected chi connectivity index (χ1v) is 11.3. The van der Waals surface area contributed by atoms with Crippen LogP contribution in [0.25, 0.3) is 15.8 Å². The summed E-state index contributed by atoms with van der Waals surface area (Å²) in [6.07, 6.45) is 2.37. The highest BCUT2D eigenvalue weighted by molar-refractivity contribution is 7.16. The van der Waals surface area contributed by atoms with Crippen LogP contribution in [0.3, 0.4) is 0 Å². The van der Waals surface area contributed by atoms with Crippen molar-refractivity contribution in [1.82, 2.24) is 4.57 Å². The van der Waals surface area contributed by atoms with Crippen LogP contribution in [-0.4, -0.2) is 16.2 Å². The van der Waals surface area contributed by atoms with Crippen molar-refractivity contribution < 1.29 is 4.79 Å². The fraction of sp³-hybridized carbons (Fsp3) is 0.375. The Morgan fingerprint density at radius 1 is 1.14 bits per heavy atom. The predicted octanol–water partition coefficient (Wildman–Crippen LogP) is 7.73. The largest absolute Gasteiger partial charge is 0.330 e. The van der Waals surface area contributed by atoms with Gasteiger partial charge in [-0.15, -0.1) is 22.9 Å². The molecule has 0 aliphatic carbocycles. The van der Waals surface area contributed by atoms with E-state index in [1.165, 1.54) is 11.3 Å². The molecule has 0 unspecified atom stereocenters. The normalized spacial score (nSPS) is 10.5. The van der Waals surface area contributed by atoms with E-state index in [4.69, 9.17) is 11.6 Å². The lowest BCUT2D eigenvalue weighted by Gasteiger charge is -2.14. The highest BCUT2D eigenvalue weighted by atomic mass is 35.5. The number of hydrogen-bond donors (Lipinski definition) is 0. The molecule has 0 aliphatic rings. The van der Waals surface area contributed by atoms with Gasteiger partial charge in [-0.1, -0.05) is 43.2 Å². The molecule has 0 saturated heterocycles. The number of Topliss-reactive ketones (excluding diaryl/α,β-unsaturated/α-hetero) is 1. The van der Waals surface area contributed by atoms with Gasteiger partial charge in [0.2, 0.25) is 5.78 Å². The SMILES string of the molecule is CCCCCl.CCn1c(C(=O)C(=C(C)C)c2ccccc2C)cc2ccsc21. The molecular formula is C24H30ClNOS. The lowest BCUT2D eigenvalue weighted by atomic mass is 9.92. The number of ketones is 1. The summed E-state index contributed by atoms with van der Waals surface area (Å²) in [5, 5.41) is 3.23. The highest BCUT2D eigenvalue weighted by Gasteiger charge is 2.22. The van der Waals surface area contributed by atoms with E-state index in [0.717, 1.165) is 52.2 Å². The number of nitrogens with zero attached hydrogens (tertiary/aromatic N) is 1. The molecule has 3 aromatic rings. The van der Waals surface area contributed by atoms with Crippen LogP contribution in [-0.2, 0) is 6.54 Å². The fourth-order valence-electron chi connectivity index (χ4n) is 3.21. The van der Waals surface area contributed by atoms with Gasteiger partial charge in [0, 0.05) is 23.4 Å². The van der Waals surface area contributed by atoms with Gasteiger partial charge < -0.3 is 4.57 Å². The van der Waals surface area contributed by atoms with Crippen LogP contribution in [0.15, 0.2) is 47.4 Å². The Hall–Kier alpha value is -1.84. The van der Waals surface area contributed by atoms with E-state index in [-0.39, 0.29) is 5.78 Å². The first-order chi connectivity index (χ1) is 13.5. The Morgan fingerprint density at radius 3 is 2.39 bits per heavy atom. The van der Waals surface area contributed by atoms with Crippen molar-refractivity contribution in [1.29, 1.82) is 0 Å². The number of aryl methyl sites for hydroxylation is 2. The van der Waals surface area contributed by atoms with Crippen LogP contribution in [0.2, 0.25) is 0 Å². The van der Waals surface area contributed by atoms with Gasteiger partial charge in [-0.3, -0.25) is 4.79 Å². The molecule has 3 rings (SSSR count). The first kappa shape index (κ1) is 22.4. The zero-order valence-corrected chi connectivity index (χ0v) is 19.1. The molecule has 0 bridgehead atoms. The molecule has 2 heterocycles. The molecule has 1 aromatic carbocycles. The summed E-state index contributed by atoms with van der Waals surface area (Å²) in [5.41, 5.74) is 4.83. The maximum Gasteiger partial charge on any atom is 0.209 e. The molecular weight excluding hydrogens is 386 g/mol. The third-order valence-electron chi connectivity index (χ3n) is 4.68. The second kappa shape index (κ2) is 10.6. The number of halogens is 1. The van der Waals surface area contributed by atoms with Crippen LogP contribution >= 0.6 is 22.9 Å². The predicted molar refractivity (Wildman–Crippen MR) is 125 cm³/mol. The minimum absolute atomic E-state index is 0.115. The van der Waals surface area contributed by atoms with E-state index < -0.39 is 0 Å². The summed E-state index contributed by atoms with van der Waals surface area (Å²) in [4.78, 5) is 14.5. The molecule has 2 nitrogen and oxygen atoms in total. The van der Waals surface area contributed by atoms with Gasteiger partial charge >= 0.3 is 0 Å². The van der Waals surface area contributed by atoms with Crippen molar-refractivity contribution >= 4 is 44.5 Å². The molecule has 28 heavy (non-hydrogen) atoms. The number of rotatable bonds is 6. The van der Waals surface area contributed by atoms with Crippen molar-refractivity contribution in [2.24, 2.45) is 0 Å². The molecule has 150 valence electrons. The average molecular weight is 416 g/mol. The summed E-state index contributed by atoms with van der Waals surface area (Å²) in [6.45, 7) is 11.1. The van der Waals surface area contributed by atoms with Gasteiger partial charge in [0.15, 0.2) is 0 Å². The van der Waals surface area contributed by atoms with Gasteiger partial charge in [0.1, 0.15) is 4.83 Å². The number of carbonyl (C=O) groups excluding carboxylic acids is 1. The average Bonchev–Trinajstić information content (AvgIpc) is 3.25. The third kappa shape index (κ3) is 4.95. The molecule has 0 aliphatic heterocycles. The lowest BCUT2D eigenvalue weighted by molar-refractivity contribution is 0.104. The van der Waals surface area contributed by atoms with Gasteiger partial charge in [0.25, 0.3) is 0 Å². The van der Waals surface area contributed by atoms with Crippen LogP contribution in [0.4, 0.5) is 0 Å². The number of carbonyl (C=O) groups is 1. The van der Waals surface area contributed by atoms with E-state index >= 15 is 0 Å². The van der Waals surface area contributed by atoms with Crippen molar-refractivity contribution in [3.05, 3.63) is 64.2 Å². The number of aromatic nitrogens is 1. The summed E-state index contributed by atoms with van der Waals surface area (Å²) < 4.78 is 2.13. The van der Waals surface area contributed by atoms with E-state index in [0.29, 0.717) is 0 Å². The zero-order valence-electron chi connectivity index (χ0n) is 17.5. The highest BCUT2D eigenvalue weighted by Crippen LogP contribution is 2.31. The first-order valence-electron chi connectivity index (χ1n) is 9.87. The minimum Gasteiger partial charge on any atom is -0.330 e. The van der Waals surface area contributed by atoms with E-state index in [1.807, 2.05) is 38.1 Å². The molecule has 0 N–H and O–H groups in total. The summed E-state index contributed by atoms with van der Waals surface area (Å²) in [7, 11) is 0. The number of allylic oxidation sites excluding steroid dienone is 2. The number of thiophene rings is 1. The molecule has 0 radical (unpaired) electrons. The van der Waals surface area contributed by atoms with Gasteiger partial charge in [-0.25, -0.2) is 0 Å². The van der Waals surface area contributed by atoms with Crippen LogP contribution in [0, 0.1) is 6.92 Å². The maximum absolute atomic E-state index is 13.3. The molecule has 0 amide bonds. The van der Waals surface area contributed by atoms with Crippen LogP contribution in [0.1, 0.15) is 62.2 Å². The standard InChI is InChI=1S/C20H21NOS.C4H9Cl/c1-5-21-17(12-15-10-11-23-20(15)21)19(22)18(13(2)3)16-9-7-6-8-14(16)4;1-2-3-4-5/h6-12H,5H2,1-4H3;2-4H2,1H3. The molecule has 4 heteroatoms. The second-order valence-electron chi connectivity index (χ2n) is 7.02. The van der Waals surface area contributed by atoms with Gasteiger partial charge in [-0.2, -0.15) is 0 Å². The Bertz CT molecular complexity index is 958. The fourth-order valence-corrected chi connectivity index (χ4v) is 4.44. The third-order valence-corrected chi connectivity index (χ3v) is 5.90. The minimum atomic E-state index is 0.115. The zero-order chi connectivity index (χ0) is 20.7. The topological polar surface area (TPSA) is 22.0 Å². The summed E-state index contributed by atoms with van der Waals surface area (Å²) in [6, 6.07) is 12.2. The van der Waals surface area contributed by atoms with E-state index in [2.05, 4.69) is 42.9 Å².